The Labute approximate surface area is 185 Å². The molecule has 7 nitrogen and oxygen atoms in total. The minimum Gasteiger partial charge on any atom is -0.478 e. The van der Waals surface area contributed by atoms with Gasteiger partial charge in [0.25, 0.3) is 0 Å². The van der Waals surface area contributed by atoms with Crippen molar-refractivity contribution in [2.75, 3.05) is 13.7 Å². The molecular formula is C23H40FNO6. The highest BCUT2D eigenvalue weighted by atomic mass is 19.1. The molecule has 3 N–H and O–H groups in total. The van der Waals surface area contributed by atoms with Crippen molar-refractivity contribution in [3.63, 3.8) is 0 Å². The molecule has 180 valence electrons. The number of carbonyl (C=O) groups is 3. The molecule has 0 fully saturated rings. The first-order valence-corrected chi connectivity index (χ1v) is 11.4. The highest BCUT2D eigenvalue weighted by molar-refractivity contribution is 6.01. The van der Waals surface area contributed by atoms with Gasteiger partial charge in [-0.05, 0) is 32.1 Å². The Kier molecular flexibility index (Phi) is 16.6. The third-order valence-corrected chi connectivity index (χ3v) is 5.21. The van der Waals surface area contributed by atoms with Gasteiger partial charge in [-0.2, -0.15) is 0 Å². The number of amides is 1. The van der Waals surface area contributed by atoms with E-state index < -0.39 is 30.1 Å². The summed E-state index contributed by atoms with van der Waals surface area (Å²) in [7, 11) is 1.21. The van der Waals surface area contributed by atoms with E-state index in [1.165, 1.54) is 32.8 Å². The Balaban J connectivity index is 3.84. The van der Waals surface area contributed by atoms with E-state index in [1.54, 1.807) is 0 Å². The first kappa shape index (κ1) is 29.0. The monoisotopic (exact) mass is 445 g/mol. The maximum absolute atomic E-state index is 14.1. The quantitative estimate of drug-likeness (QED) is 0.143. The molecule has 0 aliphatic heterocycles. The van der Waals surface area contributed by atoms with E-state index in [4.69, 9.17) is 14.9 Å². The van der Waals surface area contributed by atoms with E-state index in [1.807, 2.05) is 0 Å². The van der Waals surface area contributed by atoms with Crippen molar-refractivity contribution in [1.29, 1.82) is 0 Å². The number of unbranched alkanes of at least 4 members (excludes halogenated alkanes) is 9. The average molecular weight is 446 g/mol. The minimum atomic E-state index is -3.45. The summed E-state index contributed by atoms with van der Waals surface area (Å²) in [4.78, 5) is 33.7. The Morgan fingerprint density at radius 1 is 0.935 bits per heavy atom. The molecule has 0 aromatic heterocycles. The molecular weight excluding hydrogens is 405 g/mol. The lowest BCUT2D eigenvalue weighted by atomic mass is 9.98. The number of rotatable bonds is 20. The largest absolute Gasteiger partial charge is 0.478 e. The van der Waals surface area contributed by atoms with E-state index in [2.05, 4.69) is 24.4 Å². The van der Waals surface area contributed by atoms with Crippen molar-refractivity contribution in [2.24, 2.45) is 0 Å². The number of hydrogen-bond acceptors (Lipinski definition) is 4. The van der Waals surface area contributed by atoms with Crippen molar-refractivity contribution in [3.8, 4) is 0 Å². The zero-order chi connectivity index (χ0) is 23.5. The lowest BCUT2D eigenvalue weighted by Gasteiger charge is -2.22. The number of carboxylic acid groups (broad SMARTS) is 2. The summed E-state index contributed by atoms with van der Waals surface area (Å²) < 4.78 is 19.0. The van der Waals surface area contributed by atoms with Crippen LogP contribution in [-0.2, 0) is 19.1 Å². The second-order valence-corrected chi connectivity index (χ2v) is 7.90. The summed E-state index contributed by atoms with van der Waals surface area (Å²) in [5, 5.41) is 20.2. The van der Waals surface area contributed by atoms with Gasteiger partial charge >= 0.3 is 17.6 Å². The first-order chi connectivity index (χ1) is 14.8. The average Bonchev–Trinajstić information content (AvgIpc) is 2.73. The van der Waals surface area contributed by atoms with Crippen LogP contribution >= 0.6 is 0 Å². The van der Waals surface area contributed by atoms with Crippen molar-refractivity contribution in [2.45, 2.75) is 102 Å². The van der Waals surface area contributed by atoms with E-state index in [0.29, 0.717) is 6.42 Å². The predicted octanol–water partition coefficient (Wildman–Crippen LogP) is 4.64. The maximum Gasteiger partial charge on any atom is 0.353 e. The van der Waals surface area contributed by atoms with Crippen LogP contribution in [0, 0.1) is 0 Å². The van der Waals surface area contributed by atoms with Crippen molar-refractivity contribution in [3.05, 3.63) is 12.2 Å². The van der Waals surface area contributed by atoms with Crippen LogP contribution in [0.5, 0.6) is 0 Å². The molecule has 0 aliphatic rings. The van der Waals surface area contributed by atoms with E-state index >= 15 is 0 Å². The minimum absolute atomic E-state index is 0.146. The van der Waals surface area contributed by atoms with Crippen LogP contribution < -0.4 is 5.32 Å². The summed E-state index contributed by atoms with van der Waals surface area (Å²) in [6.45, 7) is 2.07. The van der Waals surface area contributed by atoms with Crippen molar-refractivity contribution < 1.29 is 33.7 Å². The number of alkyl halides is 1. The van der Waals surface area contributed by atoms with Crippen LogP contribution in [0.25, 0.3) is 0 Å². The van der Waals surface area contributed by atoms with Crippen LogP contribution in [0.2, 0.25) is 0 Å². The van der Waals surface area contributed by atoms with Gasteiger partial charge in [0.15, 0.2) is 0 Å². The molecule has 8 heteroatoms. The first-order valence-electron chi connectivity index (χ1n) is 11.4. The fourth-order valence-corrected chi connectivity index (χ4v) is 3.14. The Morgan fingerprint density at radius 2 is 1.45 bits per heavy atom. The van der Waals surface area contributed by atoms with Gasteiger partial charge in [-0.15, -0.1) is 0 Å². The Bertz CT molecular complexity index is 538. The molecule has 1 amide bonds. The fraction of sp³-hybridized carbons (Fsp3) is 0.783. The third kappa shape index (κ3) is 13.9. The molecule has 0 unspecified atom stereocenters. The molecule has 0 aliphatic carbocycles. The van der Waals surface area contributed by atoms with Crippen LogP contribution in [0.3, 0.4) is 0 Å². The second-order valence-electron chi connectivity index (χ2n) is 7.90. The van der Waals surface area contributed by atoms with Gasteiger partial charge in [0.05, 0.1) is 6.10 Å². The van der Waals surface area contributed by atoms with E-state index in [0.717, 1.165) is 44.9 Å². The summed E-state index contributed by atoms with van der Waals surface area (Å²) in [6, 6.07) is 0. The molecule has 0 radical (unpaired) electrons. The fourth-order valence-electron chi connectivity index (χ4n) is 3.14. The zero-order valence-corrected chi connectivity index (χ0v) is 19.0. The topological polar surface area (TPSA) is 113 Å². The molecule has 0 saturated heterocycles. The highest BCUT2D eigenvalue weighted by Gasteiger charge is 2.49. The predicted molar refractivity (Wildman–Crippen MR) is 118 cm³/mol. The van der Waals surface area contributed by atoms with Crippen molar-refractivity contribution >= 4 is 17.8 Å². The lowest BCUT2D eigenvalue weighted by Crippen LogP contribution is -2.47. The van der Waals surface area contributed by atoms with E-state index in [-0.39, 0.29) is 12.5 Å². The summed E-state index contributed by atoms with van der Waals surface area (Å²) in [5.74, 6) is -4.42. The molecule has 0 bridgehead atoms. The smallest absolute Gasteiger partial charge is 0.353 e. The van der Waals surface area contributed by atoms with Crippen molar-refractivity contribution in [1.82, 2.24) is 5.32 Å². The van der Waals surface area contributed by atoms with Crippen LogP contribution in [0.1, 0.15) is 90.4 Å². The standard InChI is InChI=1S/C23H40FNO6/c1-3-4-5-6-7-8-9-10-11-12-13-14-15-16-20(26)25-18-19(31-2)17-23(24,21(27)28)22(29)30/h8-9,19H,3-7,10-18H2,1-2H3,(H,25,26)(H,27,28)(H,29,30)/b9-8-/t19-/m0/s1. The molecule has 0 heterocycles. The molecule has 1 atom stereocenters. The number of nitrogens with one attached hydrogen (secondary N) is 1. The number of methoxy groups -OCH3 is 1. The number of halogens is 1. The van der Waals surface area contributed by atoms with Crippen LogP contribution in [0.4, 0.5) is 4.39 Å². The van der Waals surface area contributed by atoms with Gasteiger partial charge in [-0.25, -0.2) is 14.0 Å². The number of hydrogen-bond donors (Lipinski definition) is 3. The molecule has 0 saturated carbocycles. The summed E-state index contributed by atoms with van der Waals surface area (Å²) in [5.41, 5.74) is -3.45. The number of ether oxygens (including phenoxy) is 1. The summed E-state index contributed by atoms with van der Waals surface area (Å²) in [6.07, 6.45) is 15.3. The molecule has 0 aromatic carbocycles. The van der Waals surface area contributed by atoms with E-state index in [9.17, 15) is 18.8 Å². The van der Waals surface area contributed by atoms with Crippen LogP contribution in [-0.4, -0.2) is 53.5 Å². The second kappa shape index (κ2) is 17.7. The van der Waals surface area contributed by atoms with Gasteiger partial charge in [-0.3, -0.25) is 4.79 Å². The zero-order valence-electron chi connectivity index (χ0n) is 19.0. The molecule has 31 heavy (non-hydrogen) atoms. The third-order valence-electron chi connectivity index (χ3n) is 5.21. The molecule has 0 rings (SSSR count). The molecule has 0 spiro atoms. The van der Waals surface area contributed by atoms with Gasteiger partial charge in [-0.1, -0.05) is 57.6 Å². The maximum atomic E-state index is 14.1. The highest BCUT2D eigenvalue weighted by Crippen LogP contribution is 2.21. The Hall–Kier alpha value is -1.96. The van der Waals surface area contributed by atoms with Crippen LogP contribution in [0.15, 0.2) is 12.2 Å². The summed E-state index contributed by atoms with van der Waals surface area (Å²) >= 11 is 0. The Morgan fingerprint density at radius 3 is 1.97 bits per heavy atom. The van der Waals surface area contributed by atoms with Gasteiger partial charge in [0.2, 0.25) is 5.91 Å². The van der Waals surface area contributed by atoms with Gasteiger partial charge < -0.3 is 20.3 Å². The number of aliphatic carboxylic acids is 2. The number of carbonyl (C=O) groups excluding carboxylic acids is 1. The lowest BCUT2D eigenvalue weighted by molar-refractivity contribution is -0.169. The number of carboxylic acids is 2. The normalized spacial score (nSPS) is 12.7. The number of allylic oxidation sites excluding steroid dienone is 2. The van der Waals surface area contributed by atoms with Gasteiger partial charge in [0, 0.05) is 26.5 Å². The van der Waals surface area contributed by atoms with Gasteiger partial charge in [0.1, 0.15) is 0 Å². The molecule has 0 aromatic rings. The SMILES string of the molecule is CCCCCC/C=C\CCCCCCCC(=O)NC[C@H](CC(F)(C(=O)O)C(=O)O)OC.